The molecule has 0 unspecified atom stereocenters. The Morgan fingerprint density at radius 3 is 2.62 bits per heavy atom. The number of halogens is 1. The van der Waals surface area contributed by atoms with Gasteiger partial charge in [-0.2, -0.15) is 0 Å². The lowest BCUT2D eigenvalue weighted by Gasteiger charge is -2.06. The summed E-state index contributed by atoms with van der Waals surface area (Å²) in [5.74, 6) is 1.26. The van der Waals surface area contributed by atoms with Gasteiger partial charge >= 0.3 is 0 Å². The van der Waals surface area contributed by atoms with Crippen molar-refractivity contribution in [2.24, 2.45) is 0 Å². The molecule has 0 aliphatic rings. The summed E-state index contributed by atoms with van der Waals surface area (Å²) < 4.78 is 5.52. The highest BCUT2D eigenvalue weighted by molar-refractivity contribution is 6.32. The van der Waals surface area contributed by atoms with E-state index in [2.05, 4.69) is 13.2 Å². The van der Waals surface area contributed by atoms with E-state index >= 15 is 0 Å². The lowest BCUT2D eigenvalue weighted by molar-refractivity contribution is 0.446. The number of aryl methyl sites for hydroxylation is 1. The molecule has 1 aromatic carbocycles. The second kappa shape index (κ2) is 5.57. The fourth-order valence-corrected chi connectivity index (χ4v) is 1.25. The van der Waals surface area contributed by atoms with Crippen LogP contribution in [-0.4, -0.2) is 0 Å². The summed E-state index contributed by atoms with van der Waals surface area (Å²) in [6.07, 6.45) is 1.66. The van der Waals surface area contributed by atoms with E-state index < -0.39 is 0 Å². The van der Waals surface area contributed by atoms with Gasteiger partial charge in [0.2, 0.25) is 0 Å². The molecule has 0 saturated carbocycles. The van der Waals surface area contributed by atoms with Crippen molar-refractivity contribution >= 4 is 11.6 Å². The normalized spacial score (nSPS) is 11.1. The van der Waals surface area contributed by atoms with Gasteiger partial charge in [-0.1, -0.05) is 36.9 Å². The smallest absolute Gasteiger partial charge is 0.127 e. The SMILES string of the molecule is C=C(/C=C(/Cl)C(=C)C)Oc1cccc(C)c1. The number of rotatable bonds is 4. The zero-order valence-corrected chi connectivity index (χ0v) is 10.3. The van der Waals surface area contributed by atoms with E-state index in [0.29, 0.717) is 10.8 Å². The van der Waals surface area contributed by atoms with Gasteiger partial charge in [-0.3, -0.25) is 0 Å². The van der Waals surface area contributed by atoms with Crippen molar-refractivity contribution in [3.05, 3.63) is 65.4 Å². The molecule has 0 N–H and O–H groups in total. The summed E-state index contributed by atoms with van der Waals surface area (Å²) >= 11 is 5.93. The van der Waals surface area contributed by atoms with Crippen molar-refractivity contribution in [1.82, 2.24) is 0 Å². The summed E-state index contributed by atoms with van der Waals surface area (Å²) in [4.78, 5) is 0. The number of hydrogen-bond acceptors (Lipinski definition) is 1. The predicted molar refractivity (Wildman–Crippen MR) is 69.7 cm³/mol. The third-order valence-corrected chi connectivity index (χ3v) is 2.37. The standard InChI is InChI=1S/C14H15ClO/c1-10(2)14(15)9-12(4)16-13-7-5-6-11(3)8-13/h5-9H,1,4H2,2-3H3/b14-9+. The van der Waals surface area contributed by atoms with E-state index in [-0.39, 0.29) is 0 Å². The van der Waals surface area contributed by atoms with Crippen LogP contribution in [-0.2, 0) is 0 Å². The maximum Gasteiger partial charge on any atom is 0.127 e. The van der Waals surface area contributed by atoms with Crippen LogP contribution >= 0.6 is 11.6 Å². The minimum atomic E-state index is 0.499. The first-order chi connectivity index (χ1) is 7.49. The summed E-state index contributed by atoms with van der Waals surface area (Å²) in [6, 6.07) is 7.75. The molecule has 0 spiro atoms. The average Bonchev–Trinajstić information content (AvgIpc) is 2.16. The minimum Gasteiger partial charge on any atom is -0.458 e. The van der Waals surface area contributed by atoms with Crippen LogP contribution in [0.4, 0.5) is 0 Å². The van der Waals surface area contributed by atoms with Crippen molar-refractivity contribution < 1.29 is 4.74 Å². The van der Waals surface area contributed by atoms with Crippen molar-refractivity contribution in [3.8, 4) is 5.75 Å². The monoisotopic (exact) mass is 234 g/mol. The molecule has 0 fully saturated rings. The van der Waals surface area contributed by atoms with Crippen LogP contribution in [0, 0.1) is 6.92 Å². The van der Waals surface area contributed by atoms with Gasteiger partial charge in [0.1, 0.15) is 11.5 Å². The van der Waals surface area contributed by atoms with E-state index in [1.807, 2.05) is 38.1 Å². The first kappa shape index (κ1) is 12.6. The average molecular weight is 235 g/mol. The quantitative estimate of drug-likeness (QED) is 0.547. The Labute approximate surface area is 102 Å². The molecule has 0 atom stereocenters. The van der Waals surface area contributed by atoms with E-state index in [1.54, 1.807) is 6.08 Å². The third-order valence-electron chi connectivity index (χ3n) is 1.93. The largest absolute Gasteiger partial charge is 0.458 e. The summed E-state index contributed by atoms with van der Waals surface area (Å²) in [6.45, 7) is 11.3. The van der Waals surface area contributed by atoms with Crippen molar-refractivity contribution in [1.29, 1.82) is 0 Å². The molecule has 0 heterocycles. The molecule has 0 saturated heterocycles. The van der Waals surface area contributed by atoms with Crippen LogP contribution in [0.3, 0.4) is 0 Å². The van der Waals surface area contributed by atoms with E-state index in [0.717, 1.165) is 16.9 Å². The fourth-order valence-electron chi connectivity index (χ4n) is 1.12. The molecule has 1 rings (SSSR count). The number of benzene rings is 1. The minimum absolute atomic E-state index is 0.499. The Kier molecular flexibility index (Phi) is 4.39. The van der Waals surface area contributed by atoms with Gasteiger partial charge in [0.05, 0.1) is 0 Å². The Morgan fingerprint density at radius 2 is 2.06 bits per heavy atom. The van der Waals surface area contributed by atoms with Crippen LogP contribution in [0.25, 0.3) is 0 Å². The van der Waals surface area contributed by atoms with E-state index in [4.69, 9.17) is 16.3 Å². The fraction of sp³-hybridized carbons (Fsp3) is 0.143. The van der Waals surface area contributed by atoms with E-state index in [1.165, 1.54) is 0 Å². The van der Waals surface area contributed by atoms with Crippen molar-refractivity contribution in [2.45, 2.75) is 13.8 Å². The lowest BCUT2D eigenvalue weighted by Crippen LogP contribution is -1.91. The molecule has 1 nitrogen and oxygen atoms in total. The first-order valence-corrected chi connectivity index (χ1v) is 5.33. The Hall–Kier alpha value is -1.47. The molecule has 0 aliphatic carbocycles. The zero-order chi connectivity index (χ0) is 12.1. The maximum atomic E-state index is 5.93. The molecular weight excluding hydrogens is 220 g/mol. The third kappa shape index (κ3) is 3.95. The molecule has 1 aromatic rings. The molecule has 84 valence electrons. The number of ether oxygens (including phenoxy) is 1. The Bertz CT molecular complexity index is 444. The van der Waals surface area contributed by atoms with Crippen LogP contribution < -0.4 is 4.74 Å². The summed E-state index contributed by atoms with van der Waals surface area (Å²) in [7, 11) is 0. The molecule has 0 aromatic heterocycles. The molecule has 16 heavy (non-hydrogen) atoms. The van der Waals surface area contributed by atoms with Gasteiger partial charge in [0.25, 0.3) is 0 Å². The van der Waals surface area contributed by atoms with Crippen LogP contribution in [0.5, 0.6) is 5.75 Å². The summed E-state index contributed by atoms with van der Waals surface area (Å²) in [5, 5.41) is 0.553. The highest BCUT2D eigenvalue weighted by Crippen LogP contribution is 2.18. The van der Waals surface area contributed by atoms with Gasteiger partial charge in [0.15, 0.2) is 0 Å². The predicted octanol–water partition coefficient (Wildman–Crippen LogP) is 4.59. The first-order valence-electron chi connectivity index (χ1n) is 4.95. The Morgan fingerprint density at radius 1 is 1.38 bits per heavy atom. The molecule has 0 bridgehead atoms. The number of allylic oxidation sites excluding steroid dienone is 3. The topological polar surface area (TPSA) is 9.23 Å². The maximum absolute atomic E-state index is 5.93. The van der Waals surface area contributed by atoms with Crippen molar-refractivity contribution in [3.63, 3.8) is 0 Å². The highest BCUT2D eigenvalue weighted by Gasteiger charge is 1.98. The van der Waals surface area contributed by atoms with Crippen LogP contribution in [0.2, 0.25) is 0 Å². The van der Waals surface area contributed by atoms with Gasteiger partial charge in [0, 0.05) is 5.03 Å². The van der Waals surface area contributed by atoms with Crippen LogP contribution in [0.15, 0.2) is 59.9 Å². The molecular formula is C14H15ClO. The van der Waals surface area contributed by atoms with E-state index in [9.17, 15) is 0 Å². The van der Waals surface area contributed by atoms with Crippen LogP contribution in [0.1, 0.15) is 12.5 Å². The lowest BCUT2D eigenvalue weighted by atomic mass is 10.2. The Balaban J connectivity index is 2.72. The molecule has 2 heteroatoms. The molecule has 0 radical (unpaired) electrons. The highest BCUT2D eigenvalue weighted by atomic mass is 35.5. The van der Waals surface area contributed by atoms with Gasteiger partial charge in [-0.25, -0.2) is 0 Å². The van der Waals surface area contributed by atoms with Gasteiger partial charge < -0.3 is 4.74 Å². The number of hydrogen-bond donors (Lipinski definition) is 0. The van der Waals surface area contributed by atoms with Gasteiger partial charge in [-0.15, -0.1) is 0 Å². The zero-order valence-electron chi connectivity index (χ0n) is 9.59. The van der Waals surface area contributed by atoms with Gasteiger partial charge in [-0.05, 0) is 43.2 Å². The summed E-state index contributed by atoms with van der Waals surface area (Å²) in [5.41, 5.74) is 1.93. The molecule has 0 amide bonds. The second-order valence-electron chi connectivity index (χ2n) is 3.66. The molecule has 0 aliphatic heterocycles. The second-order valence-corrected chi connectivity index (χ2v) is 4.06. The van der Waals surface area contributed by atoms with Crippen molar-refractivity contribution in [2.75, 3.05) is 0 Å².